The van der Waals surface area contributed by atoms with Gasteiger partial charge in [0.15, 0.2) is 6.61 Å². The Morgan fingerprint density at radius 3 is 2.62 bits per heavy atom. The number of carboxylic acid groups (broad SMARTS) is 1. The van der Waals surface area contributed by atoms with E-state index in [4.69, 9.17) is 5.11 Å². The Balaban J connectivity index is 2.82. The van der Waals surface area contributed by atoms with Crippen molar-refractivity contribution in [3.05, 3.63) is 0 Å². The Bertz CT molecular complexity index is 70.4. The van der Waals surface area contributed by atoms with Crippen molar-refractivity contribution in [3.8, 4) is 0 Å². The SMILES string of the molecule is CCOOCC(=O)O. The van der Waals surface area contributed by atoms with Crippen molar-refractivity contribution in [1.82, 2.24) is 0 Å². The van der Waals surface area contributed by atoms with E-state index in [1.54, 1.807) is 6.92 Å². The highest BCUT2D eigenvalue weighted by molar-refractivity contribution is 5.67. The van der Waals surface area contributed by atoms with E-state index in [1.165, 1.54) is 0 Å². The fourth-order valence-electron chi connectivity index (χ4n) is 0.175. The minimum absolute atomic E-state index is 0.368. The minimum Gasteiger partial charge on any atom is -0.479 e. The van der Waals surface area contributed by atoms with Crippen LogP contribution in [0.1, 0.15) is 6.92 Å². The molecule has 48 valence electrons. The molecule has 0 saturated heterocycles. The molecule has 1 N–H and O–H groups in total. The lowest BCUT2D eigenvalue weighted by Crippen LogP contribution is -2.06. The number of rotatable bonds is 4. The Labute approximate surface area is 46.9 Å². The predicted molar refractivity (Wildman–Crippen MR) is 25.2 cm³/mol. The highest BCUT2D eigenvalue weighted by Gasteiger charge is 1.93. The summed E-state index contributed by atoms with van der Waals surface area (Å²) in [5.41, 5.74) is 0. The third-order valence-corrected chi connectivity index (χ3v) is 0.384. The van der Waals surface area contributed by atoms with Gasteiger partial charge in [-0.3, -0.25) is 0 Å². The molecule has 0 bridgehead atoms. The first-order valence-electron chi connectivity index (χ1n) is 2.23. The molecular formula is C4H8O4. The first kappa shape index (κ1) is 7.39. The van der Waals surface area contributed by atoms with Gasteiger partial charge >= 0.3 is 5.97 Å². The van der Waals surface area contributed by atoms with Gasteiger partial charge in [-0.1, -0.05) is 0 Å². The van der Waals surface area contributed by atoms with Gasteiger partial charge in [0, 0.05) is 0 Å². The van der Waals surface area contributed by atoms with Crippen LogP contribution in [-0.2, 0) is 14.6 Å². The number of hydrogen-bond donors (Lipinski definition) is 1. The average Bonchev–Trinajstić information content (AvgIpc) is 1.66. The van der Waals surface area contributed by atoms with E-state index in [1.807, 2.05) is 0 Å². The molecule has 0 aromatic rings. The summed E-state index contributed by atoms with van der Waals surface area (Å²) in [5.74, 6) is -1.03. The summed E-state index contributed by atoms with van der Waals surface area (Å²) in [6, 6.07) is 0. The molecule has 0 aliphatic rings. The standard InChI is InChI=1S/C4H8O4/c1-2-7-8-3-4(5)6/h2-3H2,1H3,(H,5,6). The quantitative estimate of drug-likeness (QED) is 0.323. The third-order valence-electron chi connectivity index (χ3n) is 0.384. The molecule has 0 aliphatic heterocycles. The van der Waals surface area contributed by atoms with Crippen LogP contribution in [0.4, 0.5) is 0 Å². The van der Waals surface area contributed by atoms with Crippen LogP contribution in [0.5, 0.6) is 0 Å². The van der Waals surface area contributed by atoms with Gasteiger partial charge in [-0.2, -0.15) is 0 Å². The Morgan fingerprint density at radius 2 is 2.25 bits per heavy atom. The number of carboxylic acids is 1. The summed E-state index contributed by atoms with van der Waals surface area (Å²) in [7, 11) is 0. The van der Waals surface area contributed by atoms with Crippen LogP contribution >= 0.6 is 0 Å². The fourth-order valence-corrected chi connectivity index (χ4v) is 0.175. The smallest absolute Gasteiger partial charge is 0.333 e. The molecule has 4 heteroatoms. The molecule has 0 fully saturated rings. The van der Waals surface area contributed by atoms with Crippen LogP contribution < -0.4 is 0 Å². The summed E-state index contributed by atoms with van der Waals surface area (Å²) in [6.07, 6.45) is 0. The molecular weight excluding hydrogens is 112 g/mol. The molecule has 0 aromatic carbocycles. The topological polar surface area (TPSA) is 55.8 Å². The first-order chi connectivity index (χ1) is 3.77. The van der Waals surface area contributed by atoms with Crippen molar-refractivity contribution in [2.75, 3.05) is 13.2 Å². The minimum atomic E-state index is -1.03. The molecule has 0 aliphatic carbocycles. The van der Waals surface area contributed by atoms with Crippen molar-refractivity contribution >= 4 is 5.97 Å². The number of hydrogen-bond acceptors (Lipinski definition) is 3. The fraction of sp³-hybridized carbons (Fsp3) is 0.750. The van der Waals surface area contributed by atoms with E-state index in [2.05, 4.69) is 9.78 Å². The lowest BCUT2D eigenvalue weighted by molar-refractivity contribution is -0.288. The lowest BCUT2D eigenvalue weighted by atomic mass is 10.8. The van der Waals surface area contributed by atoms with Crippen LogP contribution in [0.3, 0.4) is 0 Å². The monoisotopic (exact) mass is 120 g/mol. The van der Waals surface area contributed by atoms with E-state index in [0.29, 0.717) is 6.61 Å². The molecule has 8 heavy (non-hydrogen) atoms. The van der Waals surface area contributed by atoms with E-state index in [9.17, 15) is 4.79 Å². The van der Waals surface area contributed by atoms with Gasteiger partial charge in [0.2, 0.25) is 0 Å². The van der Waals surface area contributed by atoms with E-state index in [-0.39, 0.29) is 0 Å². The van der Waals surface area contributed by atoms with Crippen LogP contribution in [-0.4, -0.2) is 24.3 Å². The maximum Gasteiger partial charge on any atom is 0.333 e. The molecule has 0 radical (unpaired) electrons. The highest BCUT2D eigenvalue weighted by atomic mass is 17.2. The summed E-state index contributed by atoms with van der Waals surface area (Å²) < 4.78 is 0. The summed E-state index contributed by atoms with van der Waals surface area (Å²) in [4.78, 5) is 18.1. The largest absolute Gasteiger partial charge is 0.479 e. The Hall–Kier alpha value is -0.610. The summed E-state index contributed by atoms with van der Waals surface area (Å²) >= 11 is 0. The number of aliphatic carboxylic acids is 1. The average molecular weight is 120 g/mol. The molecule has 0 heterocycles. The molecule has 0 rings (SSSR count). The molecule has 0 spiro atoms. The summed E-state index contributed by atoms with van der Waals surface area (Å²) in [5, 5.41) is 7.94. The van der Waals surface area contributed by atoms with Crippen molar-refractivity contribution in [3.63, 3.8) is 0 Å². The Morgan fingerprint density at radius 1 is 1.62 bits per heavy atom. The zero-order chi connectivity index (χ0) is 6.41. The second kappa shape index (κ2) is 4.55. The van der Waals surface area contributed by atoms with Gasteiger partial charge in [-0.25, -0.2) is 14.6 Å². The van der Waals surface area contributed by atoms with Gasteiger partial charge in [-0.15, -0.1) is 0 Å². The second-order valence-corrected chi connectivity index (χ2v) is 1.06. The second-order valence-electron chi connectivity index (χ2n) is 1.06. The van der Waals surface area contributed by atoms with Gasteiger partial charge in [0.05, 0.1) is 6.61 Å². The maximum absolute atomic E-state index is 9.67. The van der Waals surface area contributed by atoms with E-state index in [0.717, 1.165) is 0 Å². The number of carbonyl (C=O) groups is 1. The molecule has 0 unspecified atom stereocenters. The maximum atomic E-state index is 9.67. The molecule has 0 amide bonds. The Kier molecular flexibility index (Phi) is 4.20. The van der Waals surface area contributed by atoms with Gasteiger partial charge in [0.25, 0.3) is 0 Å². The molecule has 0 saturated carbocycles. The van der Waals surface area contributed by atoms with Crippen LogP contribution in [0.25, 0.3) is 0 Å². The van der Waals surface area contributed by atoms with Gasteiger partial charge in [-0.05, 0) is 6.92 Å². The van der Waals surface area contributed by atoms with Crippen molar-refractivity contribution in [2.24, 2.45) is 0 Å². The van der Waals surface area contributed by atoms with Gasteiger partial charge < -0.3 is 5.11 Å². The first-order valence-corrected chi connectivity index (χ1v) is 2.23. The van der Waals surface area contributed by atoms with Crippen molar-refractivity contribution in [1.29, 1.82) is 0 Å². The highest BCUT2D eigenvalue weighted by Crippen LogP contribution is 1.75. The van der Waals surface area contributed by atoms with E-state index < -0.39 is 12.6 Å². The third kappa shape index (κ3) is 5.39. The normalized spacial score (nSPS) is 9.12. The van der Waals surface area contributed by atoms with Crippen LogP contribution in [0.2, 0.25) is 0 Å². The zero-order valence-electron chi connectivity index (χ0n) is 4.59. The predicted octanol–water partition coefficient (Wildman–Crippen LogP) is 0.0391. The molecule has 0 atom stereocenters. The molecule has 4 nitrogen and oxygen atoms in total. The van der Waals surface area contributed by atoms with E-state index >= 15 is 0 Å². The lowest BCUT2D eigenvalue weighted by Gasteiger charge is -1.94. The van der Waals surface area contributed by atoms with Crippen molar-refractivity contribution < 1.29 is 19.7 Å². The van der Waals surface area contributed by atoms with Crippen LogP contribution in [0, 0.1) is 0 Å². The van der Waals surface area contributed by atoms with Gasteiger partial charge in [0.1, 0.15) is 0 Å². The zero-order valence-corrected chi connectivity index (χ0v) is 4.59. The molecule has 0 aromatic heterocycles. The summed E-state index contributed by atoms with van der Waals surface area (Å²) in [6.45, 7) is 1.68. The van der Waals surface area contributed by atoms with Crippen LogP contribution in [0.15, 0.2) is 0 Å². The van der Waals surface area contributed by atoms with Crippen molar-refractivity contribution in [2.45, 2.75) is 6.92 Å².